The lowest BCUT2D eigenvalue weighted by atomic mass is 10.2. The van der Waals surface area contributed by atoms with Gasteiger partial charge in [0, 0.05) is 6.07 Å². The monoisotopic (exact) mass is 379 g/mol. The molecule has 0 aliphatic carbocycles. The van der Waals surface area contributed by atoms with Crippen molar-refractivity contribution in [2.45, 2.75) is 20.0 Å². The lowest BCUT2D eigenvalue weighted by Crippen LogP contribution is -2.30. The summed E-state index contributed by atoms with van der Waals surface area (Å²) in [4.78, 5) is 24.4. The normalized spacial score (nSPS) is 11.4. The second-order valence-electron chi connectivity index (χ2n) is 5.46. The average Bonchev–Trinajstić information content (AvgIpc) is 2.64. The first kappa shape index (κ1) is 20.2. The first-order valence-electron chi connectivity index (χ1n) is 8.13. The van der Waals surface area contributed by atoms with Gasteiger partial charge in [-0.3, -0.25) is 4.79 Å². The zero-order valence-corrected chi connectivity index (χ0v) is 15.0. The van der Waals surface area contributed by atoms with Crippen LogP contribution in [0.4, 0.5) is 14.5 Å². The molecular formula is C19H19F2NO5. The molecule has 2 aromatic rings. The zero-order chi connectivity index (χ0) is 20.0. The van der Waals surface area contributed by atoms with Crippen LogP contribution in [0.25, 0.3) is 0 Å². The average molecular weight is 379 g/mol. The summed E-state index contributed by atoms with van der Waals surface area (Å²) in [5.74, 6) is -2.41. The van der Waals surface area contributed by atoms with Gasteiger partial charge >= 0.3 is 5.97 Å². The van der Waals surface area contributed by atoms with E-state index in [2.05, 4.69) is 5.32 Å². The van der Waals surface area contributed by atoms with Gasteiger partial charge < -0.3 is 19.5 Å². The minimum atomic E-state index is -1.21. The fraction of sp³-hybridized carbons (Fsp3) is 0.263. The van der Waals surface area contributed by atoms with Gasteiger partial charge in [-0.25, -0.2) is 13.6 Å². The molecule has 0 spiro atoms. The summed E-state index contributed by atoms with van der Waals surface area (Å²) in [6.07, 6.45) is -1.21. The summed E-state index contributed by atoms with van der Waals surface area (Å²) in [5, 5.41) is 2.24. The van der Waals surface area contributed by atoms with Crippen molar-refractivity contribution in [3.8, 4) is 11.5 Å². The third-order valence-electron chi connectivity index (χ3n) is 3.54. The predicted molar refractivity (Wildman–Crippen MR) is 94.0 cm³/mol. The van der Waals surface area contributed by atoms with Crippen LogP contribution in [0.1, 0.15) is 24.2 Å². The van der Waals surface area contributed by atoms with Crippen molar-refractivity contribution in [1.82, 2.24) is 0 Å². The van der Waals surface area contributed by atoms with E-state index in [1.807, 2.05) is 0 Å². The largest absolute Gasteiger partial charge is 0.493 e. The zero-order valence-electron chi connectivity index (χ0n) is 15.0. The van der Waals surface area contributed by atoms with Crippen LogP contribution >= 0.6 is 0 Å². The summed E-state index contributed by atoms with van der Waals surface area (Å²) in [6.45, 7) is 3.49. The van der Waals surface area contributed by atoms with E-state index in [0.29, 0.717) is 24.2 Å². The third kappa shape index (κ3) is 5.16. The Balaban J connectivity index is 2.06. The SMILES string of the molecule is CCOc1cc(C(=O)O[C@@H](C)C(=O)Nc2ccc(F)cc2F)ccc1OC. The molecule has 1 N–H and O–H groups in total. The van der Waals surface area contributed by atoms with Crippen LogP contribution in [-0.2, 0) is 9.53 Å². The van der Waals surface area contributed by atoms with Gasteiger partial charge in [-0.05, 0) is 44.2 Å². The van der Waals surface area contributed by atoms with E-state index in [0.717, 1.165) is 12.1 Å². The number of ether oxygens (including phenoxy) is 3. The van der Waals surface area contributed by atoms with Crippen LogP contribution in [0.15, 0.2) is 36.4 Å². The molecule has 0 saturated carbocycles. The van der Waals surface area contributed by atoms with Crippen LogP contribution < -0.4 is 14.8 Å². The molecule has 8 heteroatoms. The second-order valence-corrected chi connectivity index (χ2v) is 5.46. The Kier molecular flexibility index (Phi) is 6.70. The summed E-state index contributed by atoms with van der Waals surface area (Å²) >= 11 is 0. The Labute approximate surface area is 155 Å². The van der Waals surface area contributed by atoms with E-state index in [1.165, 1.54) is 26.2 Å². The molecule has 0 aromatic heterocycles. The molecule has 144 valence electrons. The number of hydrogen-bond acceptors (Lipinski definition) is 5. The van der Waals surface area contributed by atoms with Gasteiger partial charge in [0.2, 0.25) is 0 Å². The summed E-state index contributed by atoms with van der Waals surface area (Å²) in [6, 6.07) is 7.17. The van der Waals surface area contributed by atoms with Crippen molar-refractivity contribution in [1.29, 1.82) is 0 Å². The summed E-state index contributed by atoms with van der Waals surface area (Å²) < 4.78 is 42.1. The van der Waals surface area contributed by atoms with Crippen molar-refractivity contribution in [3.63, 3.8) is 0 Å². The molecule has 0 aliphatic rings. The van der Waals surface area contributed by atoms with E-state index >= 15 is 0 Å². The Morgan fingerprint density at radius 2 is 1.85 bits per heavy atom. The lowest BCUT2D eigenvalue weighted by molar-refractivity contribution is -0.123. The molecule has 0 bridgehead atoms. The standard InChI is InChI=1S/C19H19F2NO5/c1-4-26-17-9-12(5-8-16(17)25-3)19(24)27-11(2)18(23)22-15-7-6-13(20)10-14(15)21/h5-11H,4H2,1-3H3,(H,22,23)/t11-/m0/s1. The van der Waals surface area contributed by atoms with E-state index in [1.54, 1.807) is 13.0 Å². The number of rotatable bonds is 7. The van der Waals surface area contributed by atoms with Crippen molar-refractivity contribution in [3.05, 3.63) is 53.6 Å². The van der Waals surface area contributed by atoms with Crippen LogP contribution in [0.2, 0.25) is 0 Å². The number of hydrogen-bond donors (Lipinski definition) is 1. The summed E-state index contributed by atoms with van der Waals surface area (Å²) in [5.41, 5.74) is -0.0563. The van der Waals surface area contributed by atoms with Gasteiger partial charge in [0.15, 0.2) is 17.6 Å². The predicted octanol–water partition coefficient (Wildman–Crippen LogP) is 3.56. The fourth-order valence-electron chi connectivity index (χ4n) is 2.18. The number of anilines is 1. The molecular weight excluding hydrogens is 360 g/mol. The minimum absolute atomic E-state index is 0.159. The minimum Gasteiger partial charge on any atom is -0.493 e. The van der Waals surface area contributed by atoms with Gasteiger partial charge in [0.1, 0.15) is 11.6 Å². The van der Waals surface area contributed by atoms with Crippen LogP contribution in [0.5, 0.6) is 11.5 Å². The maximum atomic E-state index is 13.6. The maximum Gasteiger partial charge on any atom is 0.339 e. The first-order valence-corrected chi connectivity index (χ1v) is 8.13. The number of benzene rings is 2. The van der Waals surface area contributed by atoms with Crippen molar-refractivity contribution < 1.29 is 32.6 Å². The van der Waals surface area contributed by atoms with Crippen molar-refractivity contribution in [2.24, 2.45) is 0 Å². The highest BCUT2D eigenvalue weighted by atomic mass is 19.1. The Bertz CT molecular complexity index is 841. The highest BCUT2D eigenvalue weighted by molar-refractivity contribution is 5.97. The molecule has 6 nitrogen and oxygen atoms in total. The third-order valence-corrected chi connectivity index (χ3v) is 3.54. The number of amides is 1. The van der Waals surface area contributed by atoms with E-state index in [-0.39, 0.29) is 11.3 Å². The lowest BCUT2D eigenvalue weighted by Gasteiger charge is -2.15. The Morgan fingerprint density at radius 1 is 1.11 bits per heavy atom. The van der Waals surface area contributed by atoms with Crippen molar-refractivity contribution >= 4 is 17.6 Å². The maximum absolute atomic E-state index is 13.6. The van der Waals surface area contributed by atoms with Gasteiger partial charge in [0.05, 0.1) is 25.0 Å². The van der Waals surface area contributed by atoms with Gasteiger partial charge in [-0.1, -0.05) is 0 Å². The molecule has 27 heavy (non-hydrogen) atoms. The number of nitrogens with one attached hydrogen (secondary N) is 1. The summed E-state index contributed by atoms with van der Waals surface area (Å²) in [7, 11) is 1.47. The molecule has 0 heterocycles. The van der Waals surface area contributed by atoms with Gasteiger partial charge in [0.25, 0.3) is 5.91 Å². The van der Waals surface area contributed by atoms with Gasteiger partial charge in [-0.2, -0.15) is 0 Å². The number of carbonyl (C=O) groups excluding carboxylic acids is 2. The molecule has 0 radical (unpaired) electrons. The topological polar surface area (TPSA) is 73.9 Å². The van der Waals surface area contributed by atoms with Crippen LogP contribution in [-0.4, -0.2) is 31.7 Å². The second kappa shape index (κ2) is 8.98. The first-order chi connectivity index (χ1) is 12.8. The molecule has 0 unspecified atom stereocenters. The van der Waals surface area contributed by atoms with Crippen LogP contribution in [0.3, 0.4) is 0 Å². The quantitative estimate of drug-likeness (QED) is 0.745. The van der Waals surface area contributed by atoms with E-state index in [9.17, 15) is 18.4 Å². The highest BCUT2D eigenvalue weighted by Crippen LogP contribution is 2.28. The smallest absolute Gasteiger partial charge is 0.339 e. The molecule has 0 aliphatic heterocycles. The molecule has 1 atom stereocenters. The molecule has 0 saturated heterocycles. The van der Waals surface area contributed by atoms with Crippen LogP contribution in [0, 0.1) is 11.6 Å². The Hall–Kier alpha value is -3.16. The number of halogens is 2. The molecule has 1 amide bonds. The molecule has 2 rings (SSSR count). The van der Waals surface area contributed by atoms with Crippen molar-refractivity contribution in [2.75, 3.05) is 19.0 Å². The van der Waals surface area contributed by atoms with E-state index in [4.69, 9.17) is 14.2 Å². The van der Waals surface area contributed by atoms with E-state index < -0.39 is 29.6 Å². The number of esters is 1. The molecule has 0 fully saturated rings. The number of carbonyl (C=O) groups is 2. The molecule has 2 aromatic carbocycles. The van der Waals surface area contributed by atoms with Gasteiger partial charge in [-0.15, -0.1) is 0 Å². The Morgan fingerprint density at radius 3 is 2.48 bits per heavy atom. The fourth-order valence-corrected chi connectivity index (χ4v) is 2.18. The number of methoxy groups -OCH3 is 1. The highest BCUT2D eigenvalue weighted by Gasteiger charge is 2.21.